The zero-order valence-electron chi connectivity index (χ0n) is 16.8. The molecule has 1 fully saturated rings. The highest BCUT2D eigenvalue weighted by atomic mass is 32.1. The summed E-state index contributed by atoms with van der Waals surface area (Å²) in [6.45, 7) is 0.649. The molecule has 0 saturated carbocycles. The van der Waals surface area contributed by atoms with Gasteiger partial charge in [-0.15, -0.1) is 11.3 Å². The standard InChI is InChI=1S/C22H19F3N2O4S/c23-22(24,25)16-5-3-14(4-6-16)20(28)27-9-7-15(8-10-27)21(29)31-13-17-12-30-19(26-17)18-2-1-11-32-18/h1-6,11-12,15H,7-10,13H2. The summed E-state index contributed by atoms with van der Waals surface area (Å²) in [6, 6.07) is 7.91. The number of carbonyl (C=O) groups excluding carboxylic acids is 2. The fourth-order valence-corrected chi connectivity index (χ4v) is 4.11. The highest BCUT2D eigenvalue weighted by Gasteiger charge is 2.32. The van der Waals surface area contributed by atoms with Gasteiger partial charge in [0.1, 0.15) is 18.6 Å². The fraction of sp³-hybridized carbons (Fsp3) is 0.318. The average molecular weight is 464 g/mol. The van der Waals surface area contributed by atoms with E-state index in [0.29, 0.717) is 37.5 Å². The Kier molecular flexibility index (Phi) is 6.31. The number of carbonyl (C=O) groups is 2. The molecule has 0 spiro atoms. The van der Waals surface area contributed by atoms with Gasteiger partial charge < -0.3 is 14.1 Å². The summed E-state index contributed by atoms with van der Waals surface area (Å²) in [4.78, 5) is 31.7. The number of likely N-dealkylation sites (tertiary alicyclic amines) is 1. The Hall–Kier alpha value is -3.14. The van der Waals surface area contributed by atoms with Gasteiger partial charge in [0, 0.05) is 18.7 Å². The molecule has 0 aliphatic carbocycles. The second-order valence-electron chi connectivity index (χ2n) is 7.37. The molecule has 1 aliphatic heterocycles. The van der Waals surface area contributed by atoms with Gasteiger partial charge in [-0.05, 0) is 48.6 Å². The van der Waals surface area contributed by atoms with Crippen molar-refractivity contribution >= 4 is 23.2 Å². The Morgan fingerprint density at radius 3 is 2.50 bits per heavy atom. The van der Waals surface area contributed by atoms with Crippen LogP contribution < -0.4 is 0 Å². The van der Waals surface area contributed by atoms with E-state index in [1.54, 1.807) is 0 Å². The molecule has 2 aromatic heterocycles. The Labute approximate surface area is 185 Å². The maximum absolute atomic E-state index is 12.7. The number of nitrogens with zero attached hydrogens (tertiary/aromatic N) is 2. The van der Waals surface area contributed by atoms with Crippen LogP contribution in [0, 0.1) is 5.92 Å². The smallest absolute Gasteiger partial charge is 0.416 e. The van der Waals surface area contributed by atoms with Crippen LogP contribution in [-0.2, 0) is 22.3 Å². The number of esters is 1. The molecule has 0 bridgehead atoms. The molecule has 32 heavy (non-hydrogen) atoms. The summed E-state index contributed by atoms with van der Waals surface area (Å²) in [5.74, 6) is -0.599. The van der Waals surface area contributed by atoms with E-state index in [2.05, 4.69) is 4.98 Å². The highest BCUT2D eigenvalue weighted by molar-refractivity contribution is 7.13. The number of ether oxygens (including phenoxy) is 1. The number of hydrogen-bond donors (Lipinski definition) is 0. The van der Waals surface area contributed by atoms with Gasteiger partial charge in [0.15, 0.2) is 0 Å². The Morgan fingerprint density at radius 2 is 1.88 bits per heavy atom. The lowest BCUT2D eigenvalue weighted by atomic mass is 9.96. The van der Waals surface area contributed by atoms with Gasteiger partial charge >= 0.3 is 12.1 Å². The zero-order valence-corrected chi connectivity index (χ0v) is 17.6. The molecule has 1 amide bonds. The Balaban J connectivity index is 1.26. The number of thiophene rings is 1. The number of benzene rings is 1. The van der Waals surface area contributed by atoms with Crippen LogP contribution in [0.15, 0.2) is 52.5 Å². The quantitative estimate of drug-likeness (QED) is 0.496. The maximum atomic E-state index is 12.7. The second-order valence-corrected chi connectivity index (χ2v) is 8.32. The third-order valence-corrected chi connectivity index (χ3v) is 6.08. The van der Waals surface area contributed by atoms with E-state index in [9.17, 15) is 22.8 Å². The van der Waals surface area contributed by atoms with Gasteiger partial charge in [0.2, 0.25) is 5.89 Å². The Morgan fingerprint density at radius 1 is 1.16 bits per heavy atom. The first-order valence-electron chi connectivity index (χ1n) is 9.93. The van der Waals surface area contributed by atoms with Crippen LogP contribution in [0.3, 0.4) is 0 Å². The number of rotatable bonds is 5. The predicted molar refractivity (Wildman–Crippen MR) is 110 cm³/mol. The number of piperidine rings is 1. The molecule has 0 unspecified atom stereocenters. The number of alkyl halides is 3. The van der Waals surface area contributed by atoms with Crippen LogP contribution >= 0.6 is 11.3 Å². The molecule has 3 heterocycles. The Bertz CT molecular complexity index is 1070. The molecule has 0 radical (unpaired) electrons. The van der Waals surface area contributed by atoms with Crippen LogP contribution in [0.5, 0.6) is 0 Å². The second kappa shape index (κ2) is 9.15. The van der Waals surface area contributed by atoms with Gasteiger partial charge in [-0.2, -0.15) is 13.2 Å². The van der Waals surface area contributed by atoms with Crippen molar-refractivity contribution in [1.82, 2.24) is 9.88 Å². The first kappa shape index (κ1) is 22.1. The SMILES string of the molecule is O=C(OCc1coc(-c2cccs2)n1)C1CCN(C(=O)c2ccc(C(F)(F)F)cc2)CC1. The van der Waals surface area contributed by atoms with Crippen molar-refractivity contribution in [3.63, 3.8) is 0 Å². The lowest BCUT2D eigenvalue weighted by Gasteiger charge is -2.31. The highest BCUT2D eigenvalue weighted by Crippen LogP contribution is 2.30. The number of oxazole rings is 1. The van der Waals surface area contributed by atoms with Crippen LogP contribution in [-0.4, -0.2) is 34.8 Å². The largest absolute Gasteiger partial charge is 0.459 e. The molecule has 4 rings (SSSR count). The molecule has 0 N–H and O–H groups in total. The number of aromatic nitrogens is 1. The van der Waals surface area contributed by atoms with E-state index in [1.165, 1.54) is 34.6 Å². The molecule has 1 aliphatic rings. The first-order valence-corrected chi connectivity index (χ1v) is 10.8. The average Bonchev–Trinajstić information content (AvgIpc) is 3.48. The van der Waals surface area contributed by atoms with Gasteiger partial charge in [0.25, 0.3) is 5.91 Å². The predicted octanol–water partition coefficient (Wildman–Crippen LogP) is 5.02. The number of halogens is 3. The van der Waals surface area contributed by atoms with Crippen molar-refractivity contribution in [2.24, 2.45) is 5.92 Å². The maximum Gasteiger partial charge on any atom is 0.416 e. The monoisotopic (exact) mass is 464 g/mol. The van der Waals surface area contributed by atoms with Crippen LogP contribution in [0.4, 0.5) is 13.2 Å². The topological polar surface area (TPSA) is 72.6 Å². The van der Waals surface area contributed by atoms with Crippen molar-refractivity contribution in [1.29, 1.82) is 0 Å². The fourth-order valence-electron chi connectivity index (χ4n) is 3.45. The minimum atomic E-state index is -4.45. The van der Waals surface area contributed by atoms with E-state index in [4.69, 9.17) is 9.15 Å². The molecule has 3 aromatic rings. The zero-order chi connectivity index (χ0) is 22.7. The molecule has 10 heteroatoms. The van der Waals surface area contributed by atoms with E-state index in [-0.39, 0.29) is 30.0 Å². The number of hydrogen-bond acceptors (Lipinski definition) is 6. The third kappa shape index (κ3) is 5.01. The molecule has 168 valence electrons. The van der Waals surface area contributed by atoms with Crippen LogP contribution in [0.25, 0.3) is 10.8 Å². The number of amides is 1. The molecule has 1 saturated heterocycles. The summed E-state index contributed by atoms with van der Waals surface area (Å²) >= 11 is 1.49. The minimum Gasteiger partial charge on any atom is -0.459 e. The summed E-state index contributed by atoms with van der Waals surface area (Å²) in [5, 5.41) is 1.91. The summed E-state index contributed by atoms with van der Waals surface area (Å²) < 4.78 is 48.8. The van der Waals surface area contributed by atoms with E-state index in [1.807, 2.05) is 17.5 Å². The molecule has 0 atom stereocenters. The van der Waals surface area contributed by atoms with Crippen molar-refractivity contribution in [2.75, 3.05) is 13.1 Å². The van der Waals surface area contributed by atoms with Crippen LogP contribution in [0.2, 0.25) is 0 Å². The lowest BCUT2D eigenvalue weighted by Crippen LogP contribution is -2.40. The van der Waals surface area contributed by atoms with Gasteiger partial charge in [-0.3, -0.25) is 9.59 Å². The van der Waals surface area contributed by atoms with Crippen LogP contribution in [0.1, 0.15) is 34.5 Å². The summed E-state index contributed by atoms with van der Waals surface area (Å²) in [6.07, 6.45) is -2.15. The third-order valence-electron chi connectivity index (χ3n) is 5.22. The van der Waals surface area contributed by atoms with E-state index in [0.717, 1.165) is 17.0 Å². The van der Waals surface area contributed by atoms with Gasteiger partial charge in [-0.25, -0.2) is 4.98 Å². The molecule has 1 aromatic carbocycles. The van der Waals surface area contributed by atoms with Crippen molar-refractivity contribution < 1.29 is 31.9 Å². The lowest BCUT2D eigenvalue weighted by molar-refractivity contribution is -0.151. The van der Waals surface area contributed by atoms with Gasteiger partial charge in [0.05, 0.1) is 16.4 Å². The van der Waals surface area contributed by atoms with Crippen molar-refractivity contribution in [3.8, 4) is 10.8 Å². The summed E-state index contributed by atoms with van der Waals surface area (Å²) in [7, 11) is 0. The summed E-state index contributed by atoms with van der Waals surface area (Å²) in [5.41, 5.74) is -0.103. The first-order chi connectivity index (χ1) is 15.3. The van der Waals surface area contributed by atoms with E-state index >= 15 is 0 Å². The van der Waals surface area contributed by atoms with Gasteiger partial charge in [-0.1, -0.05) is 6.07 Å². The molecule has 6 nitrogen and oxygen atoms in total. The normalized spacial score (nSPS) is 15.0. The molecular formula is C22H19F3N2O4S. The molecular weight excluding hydrogens is 445 g/mol. The van der Waals surface area contributed by atoms with Crippen molar-refractivity contribution in [2.45, 2.75) is 25.6 Å². The van der Waals surface area contributed by atoms with E-state index < -0.39 is 11.7 Å². The minimum absolute atomic E-state index is 0.00158. The van der Waals surface area contributed by atoms with Crippen molar-refractivity contribution in [3.05, 3.63) is 64.9 Å².